The van der Waals surface area contributed by atoms with Crippen LogP contribution in [0.25, 0.3) is 21.9 Å². The van der Waals surface area contributed by atoms with Crippen molar-refractivity contribution in [2.24, 2.45) is 0 Å². The molecular weight excluding hydrogens is 271 g/mol. The van der Waals surface area contributed by atoms with Gasteiger partial charge in [0.1, 0.15) is 23.2 Å². The molecule has 1 fully saturated rings. The van der Waals surface area contributed by atoms with Crippen LogP contribution in [0.5, 0.6) is 0 Å². The molecule has 1 saturated heterocycles. The summed E-state index contributed by atoms with van der Waals surface area (Å²) in [5.74, 6) is 0.461. The highest BCUT2D eigenvalue weighted by Gasteiger charge is 2.17. The van der Waals surface area contributed by atoms with E-state index in [1.165, 1.54) is 18.5 Å². The van der Waals surface area contributed by atoms with Crippen molar-refractivity contribution < 1.29 is 9.13 Å². The predicted octanol–water partition coefficient (Wildman–Crippen LogP) is 2.84. The van der Waals surface area contributed by atoms with Gasteiger partial charge in [-0.25, -0.2) is 14.4 Å². The Hall–Kier alpha value is -2.21. The Morgan fingerprint density at radius 3 is 3.19 bits per heavy atom. The highest BCUT2D eigenvalue weighted by atomic mass is 19.1. The van der Waals surface area contributed by atoms with E-state index in [-0.39, 0.29) is 11.9 Å². The zero-order valence-electron chi connectivity index (χ0n) is 11.4. The number of anilines is 1. The number of nitrogens with zero attached hydrogens (tertiary/aromatic N) is 2. The molecule has 3 aromatic rings. The number of rotatable bonds is 3. The van der Waals surface area contributed by atoms with Gasteiger partial charge in [0, 0.05) is 24.1 Å². The first-order valence-electron chi connectivity index (χ1n) is 7.09. The Bertz CT molecular complexity index is 795. The van der Waals surface area contributed by atoms with Gasteiger partial charge in [0.2, 0.25) is 0 Å². The molecular formula is C15H15FN4O. The van der Waals surface area contributed by atoms with Gasteiger partial charge in [-0.3, -0.25) is 0 Å². The molecule has 3 heterocycles. The molecule has 5 nitrogen and oxygen atoms in total. The predicted molar refractivity (Wildman–Crippen MR) is 78.8 cm³/mol. The number of ether oxygens (including phenoxy) is 1. The molecule has 1 aliphatic heterocycles. The van der Waals surface area contributed by atoms with Crippen LogP contribution in [-0.4, -0.2) is 34.2 Å². The van der Waals surface area contributed by atoms with Crippen molar-refractivity contribution in [2.75, 3.05) is 18.5 Å². The summed E-state index contributed by atoms with van der Waals surface area (Å²) < 4.78 is 19.0. The Kier molecular flexibility index (Phi) is 2.96. The number of nitrogens with one attached hydrogen (secondary N) is 2. The molecule has 0 radical (unpaired) electrons. The summed E-state index contributed by atoms with van der Waals surface area (Å²) in [5, 5.41) is 4.07. The number of aromatic nitrogens is 3. The monoisotopic (exact) mass is 286 g/mol. The van der Waals surface area contributed by atoms with E-state index < -0.39 is 0 Å². The smallest absolute Gasteiger partial charge is 0.153 e. The van der Waals surface area contributed by atoms with E-state index in [1.54, 1.807) is 6.07 Å². The highest BCUT2D eigenvalue weighted by molar-refractivity contribution is 6.07. The summed E-state index contributed by atoms with van der Waals surface area (Å²) in [4.78, 5) is 11.8. The Balaban J connectivity index is 1.73. The molecule has 4 rings (SSSR count). The zero-order valence-corrected chi connectivity index (χ0v) is 11.4. The van der Waals surface area contributed by atoms with Gasteiger partial charge in [0.05, 0.1) is 6.10 Å². The van der Waals surface area contributed by atoms with Crippen LogP contribution in [0.1, 0.15) is 12.8 Å². The fourth-order valence-corrected chi connectivity index (χ4v) is 2.81. The molecule has 2 N–H and O–H groups in total. The van der Waals surface area contributed by atoms with Crippen LogP contribution in [0.2, 0.25) is 0 Å². The van der Waals surface area contributed by atoms with Crippen molar-refractivity contribution in [3.8, 4) is 0 Å². The SMILES string of the molecule is Fc1ccc2[nH]c3c(NCC4CCCO4)ncnc3c2c1. The average Bonchev–Trinajstić information content (AvgIpc) is 3.12. The Morgan fingerprint density at radius 1 is 1.38 bits per heavy atom. The Labute approximate surface area is 120 Å². The quantitative estimate of drug-likeness (QED) is 0.777. The minimum atomic E-state index is -0.268. The lowest BCUT2D eigenvalue weighted by atomic mass is 10.2. The third kappa shape index (κ3) is 2.21. The first-order valence-corrected chi connectivity index (χ1v) is 7.09. The average molecular weight is 286 g/mol. The van der Waals surface area contributed by atoms with Crippen LogP contribution in [0.3, 0.4) is 0 Å². The van der Waals surface area contributed by atoms with E-state index in [9.17, 15) is 4.39 Å². The molecule has 0 amide bonds. The summed E-state index contributed by atoms with van der Waals surface area (Å²) in [6.07, 6.45) is 3.91. The zero-order chi connectivity index (χ0) is 14.2. The maximum Gasteiger partial charge on any atom is 0.153 e. The van der Waals surface area contributed by atoms with E-state index in [2.05, 4.69) is 20.3 Å². The second-order valence-electron chi connectivity index (χ2n) is 5.28. The van der Waals surface area contributed by atoms with Crippen LogP contribution in [0.15, 0.2) is 24.5 Å². The number of H-pyrrole nitrogens is 1. The summed E-state index contributed by atoms with van der Waals surface area (Å²) in [6.45, 7) is 1.55. The topological polar surface area (TPSA) is 62.8 Å². The van der Waals surface area contributed by atoms with Gasteiger partial charge >= 0.3 is 0 Å². The van der Waals surface area contributed by atoms with Crippen molar-refractivity contribution in [1.82, 2.24) is 15.0 Å². The maximum atomic E-state index is 13.4. The lowest BCUT2D eigenvalue weighted by Crippen LogP contribution is -2.19. The normalized spacial score (nSPS) is 18.6. The van der Waals surface area contributed by atoms with Gasteiger partial charge < -0.3 is 15.0 Å². The van der Waals surface area contributed by atoms with Crippen LogP contribution >= 0.6 is 0 Å². The summed E-state index contributed by atoms with van der Waals surface area (Å²) in [7, 11) is 0. The highest BCUT2D eigenvalue weighted by Crippen LogP contribution is 2.27. The molecule has 1 aliphatic rings. The molecule has 1 aromatic carbocycles. The second-order valence-corrected chi connectivity index (χ2v) is 5.28. The fraction of sp³-hybridized carbons (Fsp3) is 0.333. The molecule has 0 aliphatic carbocycles. The minimum Gasteiger partial charge on any atom is -0.376 e. The van der Waals surface area contributed by atoms with Crippen molar-refractivity contribution in [3.05, 3.63) is 30.3 Å². The molecule has 1 unspecified atom stereocenters. The number of fused-ring (bicyclic) bond motifs is 3. The van der Waals surface area contributed by atoms with Gasteiger partial charge in [-0.1, -0.05) is 0 Å². The minimum absolute atomic E-state index is 0.233. The van der Waals surface area contributed by atoms with Gasteiger partial charge in [0.25, 0.3) is 0 Å². The van der Waals surface area contributed by atoms with E-state index in [1.807, 2.05) is 0 Å². The van der Waals surface area contributed by atoms with Crippen molar-refractivity contribution in [3.63, 3.8) is 0 Å². The van der Waals surface area contributed by atoms with Gasteiger partial charge in [-0.05, 0) is 31.0 Å². The lowest BCUT2D eigenvalue weighted by molar-refractivity contribution is 0.120. The van der Waals surface area contributed by atoms with E-state index >= 15 is 0 Å². The number of benzene rings is 1. The van der Waals surface area contributed by atoms with Gasteiger partial charge in [-0.2, -0.15) is 0 Å². The lowest BCUT2D eigenvalue weighted by Gasteiger charge is -2.11. The second kappa shape index (κ2) is 4.96. The van der Waals surface area contributed by atoms with E-state index in [0.717, 1.165) is 53.7 Å². The number of hydrogen-bond donors (Lipinski definition) is 2. The van der Waals surface area contributed by atoms with Crippen molar-refractivity contribution >= 4 is 27.8 Å². The molecule has 1 atom stereocenters. The molecule has 21 heavy (non-hydrogen) atoms. The fourth-order valence-electron chi connectivity index (χ4n) is 2.81. The van der Waals surface area contributed by atoms with E-state index in [0.29, 0.717) is 0 Å². The first-order chi connectivity index (χ1) is 10.3. The number of halogens is 1. The third-order valence-corrected chi connectivity index (χ3v) is 3.86. The van der Waals surface area contributed by atoms with Crippen LogP contribution in [0.4, 0.5) is 10.2 Å². The molecule has 108 valence electrons. The van der Waals surface area contributed by atoms with Crippen LogP contribution in [0, 0.1) is 5.82 Å². The number of aromatic amines is 1. The summed E-state index contributed by atoms with van der Waals surface area (Å²) >= 11 is 0. The summed E-state index contributed by atoms with van der Waals surface area (Å²) in [5.41, 5.74) is 2.39. The van der Waals surface area contributed by atoms with Gasteiger partial charge in [0.15, 0.2) is 5.82 Å². The molecule has 0 saturated carbocycles. The third-order valence-electron chi connectivity index (χ3n) is 3.86. The van der Waals surface area contributed by atoms with Crippen molar-refractivity contribution in [1.29, 1.82) is 0 Å². The van der Waals surface area contributed by atoms with E-state index in [4.69, 9.17) is 4.74 Å². The maximum absolute atomic E-state index is 13.4. The standard InChI is InChI=1S/C15H15FN4O/c16-9-3-4-12-11(6-9)13-14(20-12)15(19-8-18-13)17-7-10-2-1-5-21-10/h3-4,6,8,10,20H,1-2,5,7H2,(H,17,18,19). The first kappa shape index (κ1) is 12.5. The summed E-state index contributed by atoms with van der Waals surface area (Å²) in [6, 6.07) is 4.64. The Morgan fingerprint density at radius 2 is 2.33 bits per heavy atom. The molecule has 6 heteroatoms. The van der Waals surface area contributed by atoms with Crippen LogP contribution in [-0.2, 0) is 4.74 Å². The van der Waals surface area contributed by atoms with Crippen molar-refractivity contribution in [2.45, 2.75) is 18.9 Å². The molecule has 0 spiro atoms. The number of hydrogen-bond acceptors (Lipinski definition) is 4. The molecule has 0 bridgehead atoms. The largest absolute Gasteiger partial charge is 0.376 e. The van der Waals surface area contributed by atoms with Crippen LogP contribution < -0.4 is 5.32 Å². The van der Waals surface area contributed by atoms with Gasteiger partial charge in [-0.15, -0.1) is 0 Å². The molecule has 2 aromatic heterocycles.